The summed E-state index contributed by atoms with van der Waals surface area (Å²) in [5.74, 6) is 0. The highest BCUT2D eigenvalue weighted by atomic mass is 28.3. The largest absolute Gasteiger partial charge is 0.0806 e. The van der Waals surface area contributed by atoms with E-state index >= 15 is 0 Å². The van der Waals surface area contributed by atoms with Crippen molar-refractivity contribution in [1.82, 2.24) is 0 Å². The first-order valence-corrected chi connectivity index (χ1v) is 27.5. The first kappa shape index (κ1) is 26.4. The molecule has 6 aliphatic carbocycles. The van der Waals surface area contributed by atoms with E-state index in [1.165, 1.54) is 25.7 Å². The van der Waals surface area contributed by atoms with Gasteiger partial charge in [-0.1, -0.05) is 125 Å². The van der Waals surface area contributed by atoms with Crippen molar-refractivity contribution in [2.75, 3.05) is 0 Å². The highest BCUT2D eigenvalue weighted by molar-refractivity contribution is 6.81. The van der Waals surface area contributed by atoms with Crippen LogP contribution in [0.4, 0.5) is 0 Å². The Labute approximate surface area is 204 Å². The zero-order chi connectivity index (χ0) is 24.3. The molecule has 0 radical (unpaired) electrons. The van der Waals surface area contributed by atoms with Gasteiger partial charge in [-0.25, -0.2) is 0 Å². The molecule has 4 unspecified atom stereocenters. The first-order valence-electron chi connectivity index (χ1n) is 13.2. The van der Waals surface area contributed by atoms with E-state index in [4.69, 9.17) is 0 Å². The molecule has 0 aromatic heterocycles. The highest BCUT2D eigenvalue weighted by Gasteiger charge is 2.41. The molecule has 32 heavy (non-hydrogen) atoms. The Hall–Kier alpha value is -0.172. The molecule has 0 fully saturated rings. The van der Waals surface area contributed by atoms with Crippen LogP contribution in [0.3, 0.4) is 0 Å². The molecule has 0 saturated heterocycles. The molecule has 0 heterocycles. The average Bonchev–Trinajstić information content (AvgIpc) is 2.59. The van der Waals surface area contributed by atoms with Crippen LogP contribution >= 0.6 is 0 Å². The van der Waals surface area contributed by atoms with Crippen LogP contribution in [0.2, 0.25) is 101 Å². The number of rotatable bonds is 4. The van der Waals surface area contributed by atoms with Crippen LogP contribution in [-0.2, 0) is 0 Å². The van der Waals surface area contributed by atoms with Crippen molar-refractivity contribution < 1.29 is 0 Å². The molecule has 0 amide bonds. The van der Waals surface area contributed by atoms with Crippen molar-refractivity contribution in [3.05, 3.63) is 46.6 Å². The van der Waals surface area contributed by atoms with Gasteiger partial charge in [0, 0.05) is 0 Å². The number of hydrogen-bond acceptors (Lipinski definition) is 0. The SMILES string of the molecule is C[Si](C)(C)C1C=C2CCC3=CC([Si](C)(C)C)C(=CC3[Si](C)(C)C)CCC1=CC2[Si](C)(C)C. The van der Waals surface area contributed by atoms with Gasteiger partial charge in [-0.05, 0) is 47.8 Å². The van der Waals surface area contributed by atoms with Crippen LogP contribution in [0.15, 0.2) is 46.6 Å². The van der Waals surface area contributed by atoms with E-state index in [-0.39, 0.29) is 0 Å². The van der Waals surface area contributed by atoms with Gasteiger partial charge in [0.15, 0.2) is 0 Å². The van der Waals surface area contributed by atoms with Gasteiger partial charge in [0.1, 0.15) is 0 Å². The molecule has 4 heteroatoms. The molecule has 0 aromatic carbocycles. The topological polar surface area (TPSA) is 0 Å². The van der Waals surface area contributed by atoms with Crippen molar-refractivity contribution in [3.8, 4) is 0 Å². The van der Waals surface area contributed by atoms with Crippen LogP contribution in [0.1, 0.15) is 25.7 Å². The van der Waals surface area contributed by atoms with E-state index in [0.717, 1.165) is 22.2 Å². The lowest BCUT2D eigenvalue weighted by Crippen LogP contribution is -2.37. The van der Waals surface area contributed by atoms with Gasteiger partial charge in [-0.2, -0.15) is 0 Å². The third-order valence-electron chi connectivity index (χ3n) is 8.26. The van der Waals surface area contributed by atoms with Crippen LogP contribution in [0, 0.1) is 0 Å². The Kier molecular flexibility index (Phi) is 7.27. The van der Waals surface area contributed by atoms with Crippen LogP contribution < -0.4 is 0 Å². The first-order chi connectivity index (χ1) is 14.4. The average molecular weight is 501 g/mol. The predicted octanol–water partition coefficient (Wildman–Crippen LogP) is 10.1. The van der Waals surface area contributed by atoms with E-state index in [0.29, 0.717) is 0 Å². The zero-order valence-corrected chi connectivity index (χ0v) is 27.4. The van der Waals surface area contributed by atoms with Crippen molar-refractivity contribution >= 4 is 32.3 Å². The van der Waals surface area contributed by atoms with E-state index in [9.17, 15) is 0 Å². The summed E-state index contributed by atoms with van der Waals surface area (Å²) in [6.45, 7) is 31.2. The summed E-state index contributed by atoms with van der Waals surface area (Å²) in [6.07, 6.45) is 16.5. The van der Waals surface area contributed by atoms with Crippen molar-refractivity contribution in [2.24, 2.45) is 0 Å². The maximum absolute atomic E-state index is 2.83. The lowest BCUT2D eigenvalue weighted by Gasteiger charge is -2.43. The monoisotopic (exact) mass is 500 g/mol. The summed E-state index contributed by atoms with van der Waals surface area (Å²) in [5, 5.41) is 0. The molecule has 0 aromatic rings. The molecule has 6 aliphatic rings. The third kappa shape index (κ3) is 5.72. The summed E-state index contributed by atoms with van der Waals surface area (Å²) in [4.78, 5) is 0. The Morgan fingerprint density at radius 2 is 0.531 bits per heavy atom. The molecule has 0 N–H and O–H groups in total. The van der Waals surface area contributed by atoms with Gasteiger partial charge in [0.05, 0.1) is 32.3 Å². The van der Waals surface area contributed by atoms with E-state index in [2.05, 4.69) is 103 Å². The Morgan fingerprint density at radius 1 is 0.375 bits per heavy atom. The molecule has 4 atom stereocenters. The number of allylic oxidation sites excluding steroid dienone is 8. The molecule has 0 saturated carbocycles. The maximum atomic E-state index is 2.83. The second kappa shape index (κ2) is 8.80. The summed E-state index contributed by atoms with van der Waals surface area (Å²) < 4.78 is 0. The molecular weight excluding hydrogens is 449 g/mol. The minimum absolute atomic E-state index is 0.746. The second-order valence-corrected chi connectivity index (χ2v) is 36.8. The van der Waals surface area contributed by atoms with E-state index in [1.54, 1.807) is 0 Å². The van der Waals surface area contributed by atoms with Gasteiger partial charge in [-0.15, -0.1) is 0 Å². The van der Waals surface area contributed by atoms with E-state index < -0.39 is 32.3 Å². The van der Waals surface area contributed by atoms with E-state index in [1.807, 2.05) is 22.3 Å². The third-order valence-corrected chi connectivity index (χ3v) is 17.9. The fourth-order valence-corrected chi connectivity index (χ4v) is 14.7. The van der Waals surface area contributed by atoms with Crippen LogP contribution in [-0.4, -0.2) is 32.3 Å². The van der Waals surface area contributed by atoms with Gasteiger partial charge >= 0.3 is 0 Å². The summed E-state index contributed by atoms with van der Waals surface area (Å²) in [7, 11) is -5.15. The van der Waals surface area contributed by atoms with Crippen molar-refractivity contribution in [3.63, 3.8) is 0 Å². The maximum Gasteiger partial charge on any atom is 0.0561 e. The Balaban J connectivity index is 2.14. The molecule has 4 bridgehead atoms. The normalized spacial score (nSPS) is 30.1. The van der Waals surface area contributed by atoms with Gasteiger partial charge in [0.2, 0.25) is 0 Å². The molecule has 180 valence electrons. The molecule has 0 nitrogen and oxygen atoms in total. The summed E-state index contributed by atoms with van der Waals surface area (Å²) in [5.41, 5.74) is 10.2. The molecule has 6 rings (SSSR count). The van der Waals surface area contributed by atoms with Gasteiger partial charge < -0.3 is 0 Å². The number of hydrogen-bond donors (Lipinski definition) is 0. The molecule has 0 aliphatic heterocycles. The smallest absolute Gasteiger partial charge is 0.0561 e. The summed E-state index contributed by atoms with van der Waals surface area (Å²) in [6, 6.07) is 0. The van der Waals surface area contributed by atoms with Gasteiger partial charge in [0.25, 0.3) is 0 Å². The van der Waals surface area contributed by atoms with Crippen molar-refractivity contribution in [1.29, 1.82) is 0 Å². The Bertz CT molecular complexity index is 700. The fourth-order valence-electron chi connectivity index (χ4n) is 6.46. The van der Waals surface area contributed by atoms with Crippen LogP contribution in [0.5, 0.6) is 0 Å². The standard InChI is InChI=1S/C28H52Si4/c1-29(2,3)25-17-22-15-16-24-20-27(31(7,8)9)23(19-28(24)32(10,11)12)14-13-21(25)18-26(22)30(4,5)6/h17-20,25-28H,13-16H2,1-12H3. The predicted molar refractivity (Wildman–Crippen MR) is 159 cm³/mol. The van der Waals surface area contributed by atoms with Crippen LogP contribution in [0.25, 0.3) is 0 Å². The quantitative estimate of drug-likeness (QED) is 0.266. The van der Waals surface area contributed by atoms with Gasteiger partial charge in [-0.3, -0.25) is 0 Å². The zero-order valence-electron chi connectivity index (χ0n) is 23.4. The minimum Gasteiger partial charge on any atom is -0.0806 e. The lowest BCUT2D eigenvalue weighted by atomic mass is 9.85. The fraction of sp³-hybridized carbons (Fsp3) is 0.714. The second-order valence-electron chi connectivity index (χ2n) is 15.3. The molecular formula is C28H52Si4. The summed E-state index contributed by atoms with van der Waals surface area (Å²) >= 11 is 0. The Morgan fingerprint density at radius 3 is 0.656 bits per heavy atom. The van der Waals surface area contributed by atoms with Crippen molar-refractivity contribution in [2.45, 2.75) is 126 Å². The molecule has 0 spiro atoms. The lowest BCUT2D eigenvalue weighted by molar-refractivity contribution is 0.759. The minimum atomic E-state index is -1.29. The highest BCUT2D eigenvalue weighted by Crippen LogP contribution is 2.52.